The van der Waals surface area contributed by atoms with E-state index in [1.54, 1.807) is 0 Å². The first-order valence-corrected chi connectivity index (χ1v) is 4.99. The molecule has 2 atom stereocenters. The van der Waals surface area contributed by atoms with Crippen molar-refractivity contribution >= 4 is 0 Å². The highest BCUT2D eigenvalue weighted by Crippen LogP contribution is 2.44. The van der Waals surface area contributed by atoms with E-state index < -0.39 is 0 Å². The smallest absolute Gasteiger partial charge is 0.0438 e. The van der Waals surface area contributed by atoms with Crippen LogP contribution < -0.4 is 5.73 Å². The van der Waals surface area contributed by atoms with Gasteiger partial charge in [0.15, 0.2) is 0 Å². The number of nitrogens with two attached hydrogens (primary N) is 1. The van der Waals surface area contributed by atoms with E-state index in [4.69, 9.17) is 5.73 Å². The van der Waals surface area contributed by atoms with Crippen molar-refractivity contribution in [1.29, 1.82) is 0 Å². The fraction of sp³-hybridized carbons (Fsp3) is 0.500. The molecule has 1 aliphatic carbocycles. The summed E-state index contributed by atoms with van der Waals surface area (Å²) in [5.41, 5.74) is 9.00. The molecular weight excluding hydrogens is 158 g/mol. The minimum absolute atomic E-state index is 0.0364. The lowest BCUT2D eigenvalue weighted by atomic mass is 9.64. The predicted octanol–water partition coefficient (Wildman–Crippen LogP) is 2.58. The van der Waals surface area contributed by atoms with Crippen molar-refractivity contribution in [2.45, 2.75) is 32.2 Å². The van der Waals surface area contributed by atoms with Crippen LogP contribution in [-0.2, 0) is 5.54 Å². The number of hydrogen-bond acceptors (Lipinski definition) is 1. The highest BCUT2D eigenvalue weighted by Gasteiger charge is 2.42. The number of rotatable bonds is 1. The van der Waals surface area contributed by atoms with E-state index in [1.807, 2.05) is 0 Å². The molecule has 1 nitrogen and oxygen atoms in total. The molecule has 0 amide bonds. The summed E-state index contributed by atoms with van der Waals surface area (Å²) in [6.45, 7) is 4.39. The van der Waals surface area contributed by atoms with E-state index in [9.17, 15) is 0 Å². The van der Waals surface area contributed by atoms with Gasteiger partial charge >= 0.3 is 0 Å². The van der Waals surface area contributed by atoms with Crippen LogP contribution in [0.5, 0.6) is 0 Å². The third-order valence-electron chi connectivity index (χ3n) is 3.52. The zero-order chi connectivity index (χ0) is 9.47. The maximum absolute atomic E-state index is 6.37. The molecule has 0 radical (unpaired) electrons. The Labute approximate surface area is 80.0 Å². The molecule has 2 N–H and O–H groups in total. The average Bonchev–Trinajstić information content (AvgIpc) is 2.15. The maximum Gasteiger partial charge on any atom is 0.0438 e. The molecule has 0 aliphatic heterocycles. The number of benzene rings is 1. The van der Waals surface area contributed by atoms with Gasteiger partial charge in [-0.3, -0.25) is 0 Å². The lowest BCUT2D eigenvalue weighted by Gasteiger charge is -2.46. The minimum atomic E-state index is -0.0364. The summed E-state index contributed by atoms with van der Waals surface area (Å²) in [6, 6.07) is 8.48. The third kappa shape index (κ3) is 1.19. The van der Waals surface area contributed by atoms with Crippen LogP contribution in [0.15, 0.2) is 24.3 Å². The lowest BCUT2D eigenvalue weighted by Crippen LogP contribution is -2.51. The van der Waals surface area contributed by atoms with Gasteiger partial charge in [0, 0.05) is 5.54 Å². The second-order valence-electron chi connectivity index (χ2n) is 4.30. The quantitative estimate of drug-likeness (QED) is 0.697. The van der Waals surface area contributed by atoms with Crippen LogP contribution in [0.4, 0.5) is 0 Å². The summed E-state index contributed by atoms with van der Waals surface area (Å²) in [5.74, 6) is 0.633. The van der Waals surface area contributed by atoms with Crippen molar-refractivity contribution in [2.75, 3.05) is 0 Å². The fourth-order valence-electron chi connectivity index (χ4n) is 2.24. The van der Waals surface area contributed by atoms with Gasteiger partial charge in [0.25, 0.3) is 0 Å². The van der Waals surface area contributed by atoms with Crippen molar-refractivity contribution in [3.8, 4) is 0 Å². The zero-order valence-corrected chi connectivity index (χ0v) is 8.38. The Morgan fingerprint density at radius 3 is 2.54 bits per heavy atom. The Bertz CT molecular complexity index is 319. The van der Waals surface area contributed by atoms with E-state index in [1.165, 1.54) is 17.5 Å². The first kappa shape index (κ1) is 8.76. The molecule has 0 aromatic heterocycles. The normalized spacial score (nSPS) is 32.7. The standard InChI is InChI=1S/C12H17N/c1-9-5-3-4-6-11(9)12(13)8-7-10(12)2/h3-6,10H,7-8,13H2,1-2H3. The van der Waals surface area contributed by atoms with Crippen LogP contribution in [0.1, 0.15) is 30.9 Å². The van der Waals surface area contributed by atoms with Gasteiger partial charge in [0.05, 0.1) is 0 Å². The van der Waals surface area contributed by atoms with Crippen LogP contribution in [0.2, 0.25) is 0 Å². The fourth-order valence-corrected chi connectivity index (χ4v) is 2.24. The van der Waals surface area contributed by atoms with Crippen LogP contribution in [0, 0.1) is 12.8 Å². The second-order valence-corrected chi connectivity index (χ2v) is 4.30. The highest BCUT2D eigenvalue weighted by molar-refractivity contribution is 5.34. The van der Waals surface area contributed by atoms with Crippen molar-refractivity contribution < 1.29 is 0 Å². The van der Waals surface area contributed by atoms with Gasteiger partial charge in [-0.2, -0.15) is 0 Å². The largest absolute Gasteiger partial charge is 0.321 e. The zero-order valence-electron chi connectivity index (χ0n) is 8.38. The molecule has 0 saturated heterocycles. The highest BCUT2D eigenvalue weighted by atomic mass is 14.8. The minimum Gasteiger partial charge on any atom is -0.321 e. The van der Waals surface area contributed by atoms with Crippen molar-refractivity contribution in [3.05, 3.63) is 35.4 Å². The first-order chi connectivity index (χ1) is 6.14. The SMILES string of the molecule is Cc1ccccc1C1(N)CCC1C. The summed E-state index contributed by atoms with van der Waals surface area (Å²) in [7, 11) is 0. The molecule has 2 rings (SSSR count). The molecule has 1 saturated carbocycles. The van der Waals surface area contributed by atoms with Crippen LogP contribution in [0.25, 0.3) is 0 Å². The molecule has 1 aromatic rings. The van der Waals surface area contributed by atoms with E-state index >= 15 is 0 Å². The Balaban J connectivity index is 2.40. The van der Waals surface area contributed by atoms with Gasteiger partial charge < -0.3 is 5.73 Å². The van der Waals surface area contributed by atoms with E-state index in [-0.39, 0.29) is 5.54 Å². The van der Waals surface area contributed by atoms with Gasteiger partial charge in [-0.25, -0.2) is 0 Å². The lowest BCUT2D eigenvalue weighted by molar-refractivity contribution is 0.144. The molecule has 1 aliphatic rings. The molecule has 0 spiro atoms. The summed E-state index contributed by atoms with van der Waals surface area (Å²) in [6.07, 6.45) is 2.41. The van der Waals surface area contributed by atoms with Gasteiger partial charge in [-0.15, -0.1) is 0 Å². The average molecular weight is 175 g/mol. The second kappa shape index (κ2) is 2.85. The van der Waals surface area contributed by atoms with Gasteiger partial charge in [0.1, 0.15) is 0 Å². The summed E-state index contributed by atoms with van der Waals surface area (Å²) >= 11 is 0. The Morgan fingerprint density at radius 1 is 1.38 bits per heavy atom. The monoisotopic (exact) mass is 175 g/mol. The molecule has 13 heavy (non-hydrogen) atoms. The van der Waals surface area contributed by atoms with Gasteiger partial charge in [-0.1, -0.05) is 31.2 Å². The molecule has 1 aromatic carbocycles. The molecule has 0 bridgehead atoms. The van der Waals surface area contributed by atoms with Crippen molar-refractivity contribution in [1.82, 2.24) is 0 Å². The maximum atomic E-state index is 6.37. The summed E-state index contributed by atoms with van der Waals surface area (Å²) in [5, 5.41) is 0. The van der Waals surface area contributed by atoms with Gasteiger partial charge in [0.2, 0.25) is 0 Å². The molecule has 2 unspecified atom stereocenters. The topological polar surface area (TPSA) is 26.0 Å². The molecule has 0 heterocycles. The Kier molecular flexibility index (Phi) is 1.92. The van der Waals surface area contributed by atoms with E-state index in [0.717, 1.165) is 6.42 Å². The van der Waals surface area contributed by atoms with Crippen LogP contribution >= 0.6 is 0 Å². The molecule has 1 heteroatoms. The Hall–Kier alpha value is -0.820. The number of aryl methyl sites for hydroxylation is 1. The van der Waals surface area contributed by atoms with E-state index in [2.05, 4.69) is 38.1 Å². The molecular formula is C12H17N. The molecule has 1 fully saturated rings. The van der Waals surface area contributed by atoms with Crippen LogP contribution in [-0.4, -0.2) is 0 Å². The number of hydrogen-bond donors (Lipinski definition) is 1. The molecule has 70 valence electrons. The van der Waals surface area contributed by atoms with E-state index in [0.29, 0.717) is 5.92 Å². The van der Waals surface area contributed by atoms with Crippen molar-refractivity contribution in [3.63, 3.8) is 0 Å². The van der Waals surface area contributed by atoms with Crippen molar-refractivity contribution in [2.24, 2.45) is 11.7 Å². The Morgan fingerprint density at radius 2 is 2.08 bits per heavy atom. The summed E-state index contributed by atoms with van der Waals surface area (Å²) < 4.78 is 0. The third-order valence-corrected chi connectivity index (χ3v) is 3.52. The predicted molar refractivity (Wildman–Crippen MR) is 55.4 cm³/mol. The first-order valence-electron chi connectivity index (χ1n) is 4.99. The summed E-state index contributed by atoms with van der Waals surface area (Å²) in [4.78, 5) is 0. The van der Waals surface area contributed by atoms with Gasteiger partial charge in [-0.05, 0) is 36.8 Å². The van der Waals surface area contributed by atoms with Crippen LogP contribution in [0.3, 0.4) is 0 Å².